The minimum Gasteiger partial charge on any atom is -0.477 e. The van der Waals surface area contributed by atoms with Crippen molar-refractivity contribution in [2.75, 3.05) is 12.3 Å². The van der Waals surface area contributed by atoms with Gasteiger partial charge in [-0.15, -0.1) is 0 Å². The van der Waals surface area contributed by atoms with Gasteiger partial charge in [0.25, 0.3) is 0 Å². The van der Waals surface area contributed by atoms with Crippen molar-refractivity contribution in [2.24, 2.45) is 5.14 Å². The van der Waals surface area contributed by atoms with Gasteiger partial charge < -0.3 is 10.1 Å². The number of carboxylic acid groups (broad SMARTS) is 1. The predicted octanol–water partition coefficient (Wildman–Crippen LogP) is -0.713. The molecule has 0 fully saturated rings. The number of hydrogen-bond donors (Lipinski definition) is 4. The molecule has 0 unspecified atom stereocenters. The Morgan fingerprint density at radius 2 is 1.86 bits per heavy atom. The van der Waals surface area contributed by atoms with Crippen LogP contribution in [0.15, 0.2) is 4.90 Å². The van der Waals surface area contributed by atoms with E-state index >= 15 is 0 Å². The number of primary sulfonamides is 1. The monoisotopic (exact) mass is 339 g/mol. The normalized spacial score (nSPS) is 12.5. The smallest absolute Gasteiger partial charge is 0.352 e. The van der Waals surface area contributed by atoms with Crippen LogP contribution in [0.25, 0.3) is 0 Å². The summed E-state index contributed by atoms with van der Waals surface area (Å²) in [6.45, 7) is 2.70. The quantitative estimate of drug-likeness (QED) is 0.480. The number of carboxylic acids is 1. The predicted molar refractivity (Wildman–Crippen MR) is 75.0 cm³/mol. The van der Waals surface area contributed by atoms with E-state index in [9.17, 15) is 21.6 Å². The van der Waals surface area contributed by atoms with E-state index in [1.54, 1.807) is 0 Å². The Labute approximate surface area is 122 Å². The summed E-state index contributed by atoms with van der Waals surface area (Å²) in [5.41, 5.74) is 0.0974. The van der Waals surface area contributed by atoms with E-state index < -0.39 is 26.0 Å². The molecule has 0 radical (unpaired) electrons. The number of nitrogens with one attached hydrogen (secondary N) is 2. The van der Waals surface area contributed by atoms with Crippen LogP contribution in [0.1, 0.15) is 28.2 Å². The van der Waals surface area contributed by atoms with Crippen molar-refractivity contribution in [1.82, 2.24) is 9.71 Å². The van der Waals surface area contributed by atoms with Gasteiger partial charge in [0, 0.05) is 17.8 Å². The summed E-state index contributed by atoms with van der Waals surface area (Å²) >= 11 is 0. The van der Waals surface area contributed by atoms with E-state index in [0.29, 0.717) is 0 Å². The van der Waals surface area contributed by atoms with Crippen LogP contribution in [-0.4, -0.2) is 45.2 Å². The third-order valence-electron chi connectivity index (χ3n) is 2.75. The Hall–Kier alpha value is -1.43. The minimum absolute atomic E-state index is 0.0202. The first kappa shape index (κ1) is 17.6. The van der Waals surface area contributed by atoms with Gasteiger partial charge in [0.15, 0.2) is 0 Å². The van der Waals surface area contributed by atoms with E-state index in [1.807, 2.05) is 0 Å². The van der Waals surface area contributed by atoms with Gasteiger partial charge in [-0.1, -0.05) is 0 Å². The number of sulfonamides is 2. The van der Waals surface area contributed by atoms with Crippen molar-refractivity contribution in [3.8, 4) is 0 Å². The van der Waals surface area contributed by atoms with E-state index in [1.165, 1.54) is 13.8 Å². The summed E-state index contributed by atoms with van der Waals surface area (Å²) in [5, 5.41) is 13.8. The summed E-state index contributed by atoms with van der Waals surface area (Å²) in [4.78, 5) is 13.3. The number of aromatic nitrogens is 1. The second kappa shape index (κ2) is 6.13. The number of aromatic carboxylic acids is 1. The molecule has 0 saturated carbocycles. The largest absolute Gasteiger partial charge is 0.477 e. The molecule has 120 valence electrons. The molecule has 0 amide bonds. The highest BCUT2D eigenvalue weighted by atomic mass is 32.2. The van der Waals surface area contributed by atoms with Gasteiger partial charge >= 0.3 is 5.97 Å². The lowest BCUT2D eigenvalue weighted by molar-refractivity contribution is 0.0690. The average Bonchev–Trinajstić information content (AvgIpc) is 2.60. The second-order valence-electron chi connectivity index (χ2n) is 4.50. The zero-order valence-electron chi connectivity index (χ0n) is 11.5. The van der Waals surface area contributed by atoms with Crippen LogP contribution in [0.3, 0.4) is 0 Å². The second-order valence-corrected chi connectivity index (χ2v) is 7.94. The van der Waals surface area contributed by atoms with Gasteiger partial charge in [-0.25, -0.2) is 31.5 Å². The van der Waals surface area contributed by atoms with Crippen molar-refractivity contribution in [1.29, 1.82) is 0 Å². The molecular formula is C10H17N3O6S2. The third kappa shape index (κ3) is 4.52. The highest BCUT2D eigenvalue weighted by molar-refractivity contribution is 7.89. The number of carbonyl (C=O) groups is 1. The van der Waals surface area contributed by atoms with Gasteiger partial charge in [0.05, 0.1) is 5.75 Å². The molecule has 0 aromatic carbocycles. The van der Waals surface area contributed by atoms with Gasteiger partial charge in [-0.2, -0.15) is 0 Å². The van der Waals surface area contributed by atoms with Crippen LogP contribution in [-0.2, 0) is 20.0 Å². The zero-order valence-corrected chi connectivity index (χ0v) is 13.1. The average molecular weight is 339 g/mol. The Morgan fingerprint density at radius 1 is 1.29 bits per heavy atom. The highest BCUT2D eigenvalue weighted by Crippen LogP contribution is 2.22. The topological polar surface area (TPSA) is 159 Å². The Kier molecular flexibility index (Phi) is 5.15. The van der Waals surface area contributed by atoms with Gasteiger partial charge in [0.1, 0.15) is 10.6 Å². The molecule has 0 spiro atoms. The van der Waals surface area contributed by atoms with E-state index in [-0.39, 0.29) is 40.6 Å². The standard InChI is InChI=1S/C10H17N3O6S2/c1-6-8(10(14)15)13-7(2)9(6)21(18,19)12-4-3-5-20(11,16)17/h12-13H,3-5H2,1-2H3,(H,14,15)(H2,11,16,17). The van der Waals surface area contributed by atoms with E-state index in [0.717, 1.165) is 0 Å². The number of aromatic amines is 1. The van der Waals surface area contributed by atoms with Crippen molar-refractivity contribution >= 4 is 26.0 Å². The van der Waals surface area contributed by atoms with Crippen LogP contribution >= 0.6 is 0 Å². The zero-order chi connectivity index (χ0) is 16.4. The summed E-state index contributed by atoms with van der Waals surface area (Å²) < 4.78 is 48.0. The van der Waals surface area contributed by atoms with Crippen LogP contribution in [0.4, 0.5) is 0 Å². The molecule has 0 atom stereocenters. The molecule has 11 heteroatoms. The first-order valence-electron chi connectivity index (χ1n) is 5.88. The summed E-state index contributed by atoms with van der Waals surface area (Å²) in [6.07, 6.45) is 0.0202. The maximum Gasteiger partial charge on any atom is 0.352 e. The van der Waals surface area contributed by atoms with Crippen molar-refractivity contribution in [3.05, 3.63) is 17.0 Å². The van der Waals surface area contributed by atoms with Crippen LogP contribution < -0.4 is 9.86 Å². The summed E-state index contributed by atoms with van der Waals surface area (Å²) in [6, 6.07) is 0. The van der Waals surface area contributed by atoms with Gasteiger partial charge in [0.2, 0.25) is 20.0 Å². The van der Waals surface area contributed by atoms with Crippen molar-refractivity contribution in [2.45, 2.75) is 25.2 Å². The SMILES string of the molecule is Cc1[nH]c(C(=O)O)c(C)c1S(=O)(=O)NCCCS(N)(=O)=O. The number of nitrogens with two attached hydrogens (primary N) is 1. The van der Waals surface area contributed by atoms with E-state index in [2.05, 4.69) is 9.71 Å². The van der Waals surface area contributed by atoms with Crippen LogP contribution in [0, 0.1) is 13.8 Å². The lowest BCUT2D eigenvalue weighted by atomic mass is 10.2. The lowest BCUT2D eigenvalue weighted by Gasteiger charge is -2.07. The Morgan fingerprint density at radius 3 is 2.29 bits per heavy atom. The first-order valence-corrected chi connectivity index (χ1v) is 9.08. The van der Waals surface area contributed by atoms with E-state index in [4.69, 9.17) is 10.2 Å². The summed E-state index contributed by atoms with van der Waals surface area (Å²) in [7, 11) is -7.58. The van der Waals surface area contributed by atoms with Crippen LogP contribution in [0.2, 0.25) is 0 Å². The maximum absolute atomic E-state index is 12.1. The lowest BCUT2D eigenvalue weighted by Crippen LogP contribution is -2.28. The molecule has 0 aliphatic rings. The molecule has 21 heavy (non-hydrogen) atoms. The number of hydrogen-bond acceptors (Lipinski definition) is 5. The molecule has 0 aliphatic carbocycles. The highest BCUT2D eigenvalue weighted by Gasteiger charge is 2.26. The fourth-order valence-electron chi connectivity index (χ4n) is 1.90. The molecule has 1 rings (SSSR count). The molecule has 1 aromatic heterocycles. The number of aryl methyl sites for hydroxylation is 1. The third-order valence-corrected chi connectivity index (χ3v) is 5.34. The maximum atomic E-state index is 12.1. The van der Waals surface area contributed by atoms with Crippen molar-refractivity contribution in [3.63, 3.8) is 0 Å². The summed E-state index contributed by atoms with van der Waals surface area (Å²) in [5.74, 6) is -1.60. The van der Waals surface area contributed by atoms with Crippen LogP contribution in [0.5, 0.6) is 0 Å². The Bertz CT molecular complexity index is 748. The molecule has 1 heterocycles. The fourth-order valence-corrected chi connectivity index (χ4v) is 3.97. The first-order chi connectivity index (χ1) is 9.46. The number of rotatable bonds is 7. The fraction of sp³-hybridized carbons (Fsp3) is 0.500. The molecule has 9 nitrogen and oxygen atoms in total. The molecule has 0 bridgehead atoms. The molecule has 1 aromatic rings. The molecule has 0 aliphatic heterocycles. The molecule has 0 saturated heterocycles. The van der Waals surface area contributed by atoms with Gasteiger partial charge in [-0.3, -0.25) is 0 Å². The Balaban J connectivity index is 2.92. The number of H-pyrrole nitrogens is 1. The van der Waals surface area contributed by atoms with Crippen molar-refractivity contribution < 1.29 is 26.7 Å². The molecule has 5 N–H and O–H groups in total. The minimum atomic E-state index is -3.93. The molecular weight excluding hydrogens is 322 g/mol. The van der Waals surface area contributed by atoms with Gasteiger partial charge in [-0.05, 0) is 20.3 Å².